The summed E-state index contributed by atoms with van der Waals surface area (Å²) in [4.78, 5) is 5.21. The van der Waals surface area contributed by atoms with Gasteiger partial charge in [0.1, 0.15) is 0 Å². The Bertz CT molecular complexity index is 265. The summed E-state index contributed by atoms with van der Waals surface area (Å²) in [5.74, 6) is 0. The van der Waals surface area contributed by atoms with Crippen molar-refractivity contribution >= 4 is 11.3 Å². The fraction of sp³-hybridized carbons (Fsp3) is 0.375. The quantitative estimate of drug-likeness (QED) is 0.686. The van der Waals surface area contributed by atoms with Crippen LogP contribution in [0.1, 0.15) is 22.9 Å². The molecule has 1 aromatic heterocycles. The standard InChI is InChI=1S/C8H12N2S/c1-5(2)8(9)7-4-10-6(3)11-7/h4,8H,1,9H2,2-3H3. The molecule has 1 unspecified atom stereocenters. The molecule has 1 atom stereocenters. The molecule has 0 saturated carbocycles. The Morgan fingerprint density at radius 2 is 2.45 bits per heavy atom. The third-order valence-electron chi connectivity index (χ3n) is 1.48. The molecule has 0 aliphatic heterocycles. The topological polar surface area (TPSA) is 38.9 Å². The molecule has 0 aliphatic rings. The molecule has 1 rings (SSSR count). The highest BCUT2D eigenvalue weighted by Crippen LogP contribution is 2.22. The number of thiazole rings is 1. The van der Waals surface area contributed by atoms with Gasteiger partial charge in [0.05, 0.1) is 11.0 Å². The van der Waals surface area contributed by atoms with Crippen molar-refractivity contribution < 1.29 is 0 Å². The first-order valence-electron chi connectivity index (χ1n) is 3.44. The van der Waals surface area contributed by atoms with Crippen LogP contribution in [-0.2, 0) is 0 Å². The number of nitrogens with zero attached hydrogens (tertiary/aromatic N) is 1. The molecule has 0 spiro atoms. The Kier molecular flexibility index (Phi) is 2.42. The van der Waals surface area contributed by atoms with Crippen molar-refractivity contribution in [3.8, 4) is 0 Å². The average Bonchev–Trinajstić information content (AvgIpc) is 2.34. The maximum absolute atomic E-state index is 5.82. The Hall–Kier alpha value is -0.670. The van der Waals surface area contributed by atoms with E-state index in [1.807, 2.05) is 20.0 Å². The van der Waals surface area contributed by atoms with E-state index in [0.29, 0.717) is 0 Å². The lowest BCUT2D eigenvalue weighted by Gasteiger charge is -2.06. The Balaban J connectivity index is 2.84. The van der Waals surface area contributed by atoms with Crippen molar-refractivity contribution in [2.45, 2.75) is 19.9 Å². The summed E-state index contributed by atoms with van der Waals surface area (Å²) in [5.41, 5.74) is 6.80. The van der Waals surface area contributed by atoms with E-state index in [1.165, 1.54) is 0 Å². The molecule has 0 bridgehead atoms. The first-order valence-corrected chi connectivity index (χ1v) is 4.26. The van der Waals surface area contributed by atoms with Gasteiger partial charge in [-0.3, -0.25) is 0 Å². The van der Waals surface area contributed by atoms with Crippen molar-refractivity contribution in [1.29, 1.82) is 0 Å². The third kappa shape index (κ3) is 1.88. The zero-order valence-electron chi connectivity index (χ0n) is 6.79. The summed E-state index contributed by atoms with van der Waals surface area (Å²) in [6.07, 6.45) is 1.82. The van der Waals surface area contributed by atoms with E-state index in [2.05, 4.69) is 11.6 Å². The molecule has 0 fully saturated rings. The van der Waals surface area contributed by atoms with Crippen LogP contribution in [0.25, 0.3) is 0 Å². The van der Waals surface area contributed by atoms with E-state index in [1.54, 1.807) is 11.3 Å². The number of nitrogens with two attached hydrogens (primary N) is 1. The number of hydrogen-bond donors (Lipinski definition) is 1. The van der Waals surface area contributed by atoms with Gasteiger partial charge in [-0.2, -0.15) is 0 Å². The van der Waals surface area contributed by atoms with E-state index in [9.17, 15) is 0 Å². The predicted molar refractivity (Wildman–Crippen MR) is 48.6 cm³/mol. The molecule has 11 heavy (non-hydrogen) atoms. The number of aromatic nitrogens is 1. The van der Waals surface area contributed by atoms with Gasteiger partial charge in [-0.15, -0.1) is 11.3 Å². The molecule has 0 amide bonds. The molecule has 2 nitrogen and oxygen atoms in total. The fourth-order valence-corrected chi connectivity index (χ4v) is 1.64. The second kappa shape index (κ2) is 3.15. The summed E-state index contributed by atoms with van der Waals surface area (Å²) in [7, 11) is 0. The summed E-state index contributed by atoms with van der Waals surface area (Å²) in [6, 6.07) is -0.0406. The molecule has 60 valence electrons. The van der Waals surface area contributed by atoms with Gasteiger partial charge >= 0.3 is 0 Å². The van der Waals surface area contributed by atoms with Crippen LogP contribution in [-0.4, -0.2) is 4.98 Å². The largest absolute Gasteiger partial charge is 0.320 e. The number of rotatable bonds is 2. The van der Waals surface area contributed by atoms with E-state index < -0.39 is 0 Å². The fourth-order valence-electron chi connectivity index (χ4n) is 0.764. The molecule has 0 aromatic carbocycles. The van der Waals surface area contributed by atoms with Crippen molar-refractivity contribution in [3.63, 3.8) is 0 Å². The van der Waals surface area contributed by atoms with Crippen molar-refractivity contribution in [1.82, 2.24) is 4.98 Å². The van der Waals surface area contributed by atoms with Crippen LogP contribution in [0.2, 0.25) is 0 Å². The minimum absolute atomic E-state index is 0.0406. The van der Waals surface area contributed by atoms with Crippen LogP contribution in [0.15, 0.2) is 18.3 Å². The van der Waals surface area contributed by atoms with E-state index in [-0.39, 0.29) is 6.04 Å². The zero-order chi connectivity index (χ0) is 8.43. The molecular formula is C8H12N2S. The number of aryl methyl sites for hydroxylation is 1. The molecular weight excluding hydrogens is 156 g/mol. The van der Waals surface area contributed by atoms with Gasteiger partial charge in [-0.05, 0) is 13.8 Å². The smallest absolute Gasteiger partial charge is 0.0897 e. The molecule has 2 N–H and O–H groups in total. The van der Waals surface area contributed by atoms with E-state index >= 15 is 0 Å². The van der Waals surface area contributed by atoms with Crippen LogP contribution in [0.5, 0.6) is 0 Å². The summed E-state index contributed by atoms with van der Waals surface area (Å²) in [6.45, 7) is 7.70. The molecule has 3 heteroatoms. The second-order valence-corrected chi connectivity index (χ2v) is 3.87. The summed E-state index contributed by atoms with van der Waals surface area (Å²) in [5, 5.41) is 1.05. The van der Waals surface area contributed by atoms with Crippen LogP contribution in [0.4, 0.5) is 0 Å². The molecule has 0 aliphatic carbocycles. The van der Waals surface area contributed by atoms with Gasteiger partial charge < -0.3 is 5.73 Å². The lowest BCUT2D eigenvalue weighted by Crippen LogP contribution is -2.08. The van der Waals surface area contributed by atoms with Gasteiger partial charge in [-0.25, -0.2) is 4.98 Å². The highest BCUT2D eigenvalue weighted by molar-refractivity contribution is 7.11. The Labute approximate surface area is 70.8 Å². The Morgan fingerprint density at radius 1 is 1.82 bits per heavy atom. The van der Waals surface area contributed by atoms with Crippen molar-refractivity contribution in [2.75, 3.05) is 0 Å². The highest BCUT2D eigenvalue weighted by atomic mass is 32.1. The normalized spacial score (nSPS) is 13.0. The van der Waals surface area contributed by atoms with Gasteiger partial charge in [0, 0.05) is 11.1 Å². The zero-order valence-corrected chi connectivity index (χ0v) is 7.61. The summed E-state index contributed by atoms with van der Waals surface area (Å²) >= 11 is 1.63. The lowest BCUT2D eigenvalue weighted by molar-refractivity contribution is 0.867. The first-order chi connectivity index (χ1) is 5.11. The monoisotopic (exact) mass is 168 g/mol. The van der Waals surface area contributed by atoms with Crippen molar-refractivity contribution in [3.05, 3.63) is 28.2 Å². The van der Waals surface area contributed by atoms with Crippen LogP contribution in [0, 0.1) is 6.92 Å². The molecule has 1 aromatic rings. The minimum atomic E-state index is -0.0406. The van der Waals surface area contributed by atoms with Crippen molar-refractivity contribution in [2.24, 2.45) is 5.73 Å². The first kappa shape index (κ1) is 8.43. The van der Waals surface area contributed by atoms with E-state index in [4.69, 9.17) is 5.73 Å². The predicted octanol–water partition coefficient (Wildman–Crippen LogP) is 2.03. The van der Waals surface area contributed by atoms with Crippen LogP contribution in [0.3, 0.4) is 0 Å². The SMILES string of the molecule is C=C(C)C(N)c1cnc(C)s1. The molecule has 1 heterocycles. The lowest BCUT2D eigenvalue weighted by atomic mass is 10.1. The maximum atomic E-state index is 5.82. The van der Waals surface area contributed by atoms with Gasteiger partial charge in [0.25, 0.3) is 0 Å². The maximum Gasteiger partial charge on any atom is 0.0897 e. The number of hydrogen-bond acceptors (Lipinski definition) is 3. The van der Waals surface area contributed by atoms with Gasteiger partial charge in [0.2, 0.25) is 0 Å². The molecule has 0 saturated heterocycles. The molecule has 0 radical (unpaired) electrons. The van der Waals surface area contributed by atoms with E-state index in [0.717, 1.165) is 15.5 Å². The Morgan fingerprint density at radius 3 is 2.82 bits per heavy atom. The highest BCUT2D eigenvalue weighted by Gasteiger charge is 2.08. The average molecular weight is 168 g/mol. The second-order valence-electron chi connectivity index (χ2n) is 2.61. The minimum Gasteiger partial charge on any atom is -0.320 e. The third-order valence-corrected chi connectivity index (χ3v) is 2.47. The van der Waals surface area contributed by atoms with Crippen LogP contribution >= 0.6 is 11.3 Å². The van der Waals surface area contributed by atoms with Crippen LogP contribution < -0.4 is 5.73 Å². The van der Waals surface area contributed by atoms with Gasteiger partial charge in [-0.1, -0.05) is 12.2 Å². The van der Waals surface area contributed by atoms with Gasteiger partial charge in [0.15, 0.2) is 0 Å². The summed E-state index contributed by atoms with van der Waals surface area (Å²) < 4.78 is 0.